The predicted octanol–water partition coefficient (Wildman–Crippen LogP) is 3.34. The lowest BCUT2D eigenvalue weighted by Crippen LogP contribution is -2.19. The number of ether oxygens (including phenoxy) is 1. The molecule has 0 spiro atoms. The monoisotopic (exact) mass is 329 g/mol. The molecule has 1 aliphatic rings. The largest absolute Gasteiger partial charge is 0.489 e. The Hall–Kier alpha value is -2.37. The average molecular weight is 329 g/mol. The van der Waals surface area contributed by atoms with Gasteiger partial charge in [-0.1, -0.05) is 11.6 Å². The van der Waals surface area contributed by atoms with E-state index in [1.54, 1.807) is 18.1 Å². The van der Waals surface area contributed by atoms with Gasteiger partial charge in [-0.05, 0) is 44.7 Å². The van der Waals surface area contributed by atoms with Crippen LogP contribution in [0.4, 0.5) is 0 Å². The van der Waals surface area contributed by atoms with Crippen LogP contribution in [0.2, 0.25) is 0 Å². The van der Waals surface area contributed by atoms with Crippen molar-refractivity contribution in [1.29, 1.82) is 0 Å². The number of carbonyl (C=O) groups is 1. The fourth-order valence-electron chi connectivity index (χ4n) is 3.02. The van der Waals surface area contributed by atoms with Gasteiger partial charge in [0.05, 0.1) is 24.5 Å². The fraction of sp³-hybridized carbons (Fsp3) is 0.500. The van der Waals surface area contributed by atoms with E-state index in [2.05, 4.69) is 10.1 Å². The molecule has 3 rings (SSSR count). The van der Waals surface area contributed by atoms with E-state index in [0.29, 0.717) is 24.1 Å². The molecule has 0 bridgehead atoms. The highest BCUT2D eigenvalue weighted by Gasteiger charge is 2.18. The number of aromatic nitrogens is 2. The topological polar surface area (TPSA) is 68.5 Å². The Morgan fingerprint density at radius 2 is 2.12 bits per heavy atom. The van der Waals surface area contributed by atoms with Crippen LogP contribution in [0, 0.1) is 6.92 Å². The predicted molar refractivity (Wildman–Crippen MR) is 89.5 cm³/mol. The summed E-state index contributed by atoms with van der Waals surface area (Å²) in [5.41, 5.74) is 2.34. The first-order valence-corrected chi connectivity index (χ1v) is 8.41. The van der Waals surface area contributed by atoms with E-state index in [0.717, 1.165) is 36.3 Å². The third-order valence-electron chi connectivity index (χ3n) is 4.40. The van der Waals surface area contributed by atoms with Crippen molar-refractivity contribution in [3.63, 3.8) is 0 Å². The Kier molecular flexibility index (Phi) is 5.13. The maximum atomic E-state index is 10.9. The normalized spacial score (nSPS) is 15.2. The second kappa shape index (κ2) is 7.47. The lowest BCUT2D eigenvalue weighted by molar-refractivity contribution is -0.117. The van der Waals surface area contributed by atoms with Gasteiger partial charge < -0.3 is 14.2 Å². The number of hydrogen-bond donors (Lipinski definition) is 0. The van der Waals surface area contributed by atoms with Crippen LogP contribution in [0.25, 0.3) is 11.5 Å². The minimum atomic E-state index is 0.302. The minimum absolute atomic E-state index is 0.302. The van der Waals surface area contributed by atoms with Crippen LogP contribution >= 0.6 is 0 Å². The molecule has 0 N–H and O–H groups in total. The Morgan fingerprint density at radius 1 is 1.33 bits per heavy atom. The molecule has 1 saturated carbocycles. The third-order valence-corrected chi connectivity index (χ3v) is 4.40. The number of carbonyl (C=O) groups excluding carboxylic acids is 1. The van der Waals surface area contributed by atoms with Gasteiger partial charge in [-0.25, -0.2) is 4.98 Å². The minimum Gasteiger partial charge on any atom is -0.489 e. The van der Waals surface area contributed by atoms with Crippen molar-refractivity contribution in [2.75, 3.05) is 7.05 Å². The van der Waals surface area contributed by atoms with Crippen LogP contribution in [0.15, 0.2) is 22.9 Å². The smallest absolute Gasteiger partial charge is 0.209 e. The molecule has 0 aromatic carbocycles. The van der Waals surface area contributed by atoms with Gasteiger partial charge in [-0.2, -0.15) is 0 Å². The first-order valence-electron chi connectivity index (χ1n) is 8.41. The molecule has 128 valence electrons. The van der Waals surface area contributed by atoms with Crippen molar-refractivity contribution < 1.29 is 14.1 Å². The summed E-state index contributed by atoms with van der Waals surface area (Å²) < 4.78 is 11.4. The highest BCUT2D eigenvalue weighted by atomic mass is 16.5. The fourth-order valence-corrected chi connectivity index (χ4v) is 3.02. The molecule has 0 atom stereocenters. The molecule has 1 fully saturated rings. The molecule has 6 nitrogen and oxygen atoms in total. The van der Waals surface area contributed by atoms with Crippen LogP contribution in [0.1, 0.15) is 43.4 Å². The van der Waals surface area contributed by atoms with Crippen LogP contribution < -0.4 is 4.74 Å². The summed E-state index contributed by atoms with van der Waals surface area (Å²) in [6.45, 7) is 2.30. The lowest BCUT2D eigenvalue weighted by Gasteiger charge is -2.22. The molecule has 1 amide bonds. The molecule has 0 unspecified atom stereocenters. The van der Waals surface area contributed by atoms with E-state index >= 15 is 0 Å². The van der Waals surface area contributed by atoms with E-state index in [9.17, 15) is 4.79 Å². The number of aryl methyl sites for hydroxylation is 1. The SMILES string of the molecule is Cc1noc(-c2ccc(OC3CCCCC3)cn2)c1CN(C)C=O. The molecule has 0 radical (unpaired) electrons. The van der Waals surface area contributed by atoms with Crippen molar-refractivity contribution in [2.24, 2.45) is 0 Å². The van der Waals surface area contributed by atoms with Gasteiger partial charge in [0.1, 0.15) is 11.4 Å². The van der Waals surface area contributed by atoms with Gasteiger partial charge >= 0.3 is 0 Å². The number of nitrogens with zero attached hydrogens (tertiary/aromatic N) is 3. The van der Waals surface area contributed by atoms with Gasteiger partial charge in [-0.15, -0.1) is 0 Å². The van der Waals surface area contributed by atoms with E-state index in [-0.39, 0.29) is 0 Å². The Bertz CT molecular complexity index is 675. The van der Waals surface area contributed by atoms with Crippen molar-refractivity contribution in [3.05, 3.63) is 29.6 Å². The highest BCUT2D eigenvalue weighted by Crippen LogP contribution is 2.28. The van der Waals surface area contributed by atoms with Crippen LogP contribution in [-0.2, 0) is 11.3 Å². The molecule has 0 aliphatic heterocycles. The van der Waals surface area contributed by atoms with E-state index in [1.165, 1.54) is 19.3 Å². The Labute approximate surface area is 141 Å². The molecule has 2 aromatic heterocycles. The van der Waals surface area contributed by atoms with Gasteiger partial charge in [0, 0.05) is 12.6 Å². The van der Waals surface area contributed by atoms with Gasteiger partial charge in [0.2, 0.25) is 6.41 Å². The number of rotatable bonds is 6. The first kappa shape index (κ1) is 16.5. The summed E-state index contributed by atoms with van der Waals surface area (Å²) in [5.74, 6) is 1.39. The van der Waals surface area contributed by atoms with Crippen molar-refractivity contribution in [3.8, 4) is 17.2 Å². The van der Waals surface area contributed by atoms with Gasteiger partial charge in [0.25, 0.3) is 0 Å². The molecule has 2 aromatic rings. The van der Waals surface area contributed by atoms with Gasteiger partial charge in [0.15, 0.2) is 5.76 Å². The second-order valence-electron chi connectivity index (χ2n) is 6.35. The van der Waals surface area contributed by atoms with Crippen molar-refractivity contribution in [2.45, 2.75) is 51.7 Å². The summed E-state index contributed by atoms with van der Waals surface area (Å²) in [6, 6.07) is 3.80. The number of hydrogen-bond acceptors (Lipinski definition) is 5. The number of amides is 1. The van der Waals surface area contributed by atoms with E-state index in [4.69, 9.17) is 9.26 Å². The summed E-state index contributed by atoms with van der Waals surface area (Å²) in [7, 11) is 1.72. The van der Waals surface area contributed by atoms with Gasteiger partial charge in [-0.3, -0.25) is 4.79 Å². The molecule has 24 heavy (non-hydrogen) atoms. The van der Waals surface area contributed by atoms with Crippen molar-refractivity contribution >= 4 is 6.41 Å². The zero-order valence-electron chi connectivity index (χ0n) is 14.2. The van der Waals surface area contributed by atoms with E-state index < -0.39 is 0 Å². The summed E-state index contributed by atoms with van der Waals surface area (Å²) in [6.07, 6.45) is 8.83. The maximum Gasteiger partial charge on any atom is 0.209 e. The summed E-state index contributed by atoms with van der Waals surface area (Å²) in [5, 5.41) is 4.01. The van der Waals surface area contributed by atoms with Crippen molar-refractivity contribution in [1.82, 2.24) is 15.0 Å². The van der Waals surface area contributed by atoms with Crippen LogP contribution in [-0.4, -0.2) is 34.6 Å². The molecule has 2 heterocycles. The Morgan fingerprint density at radius 3 is 2.79 bits per heavy atom. The molecule has 1 aliphatic carbocycles. The molecular formula is C18H23N3O3. The highest BCUT2D eigenvalue weighted by molar-refractivity contribution is 5.59. The molecule has 0 saturated heterocycles. The van der Waals surface area contributed by atoms with Crippen LogP contribution in [0.3, 0.4) is 0 Å². The maximum absolute atomic E-state index is 10.9. The van der Waals surface area contributed by atoms with Crippen LogP contribution in [0.5, 0.6) is 5.75 Å². The summed E-state index contributed by atoms with van der Waals surface area (Å²) >= 11 is 0. The third kappa shape index (κ3) is 3.75. The lowest BCUT2D eigenvalue weighted by atomic mass is 9.98. The second-order valence-corrected chi connectivity index (χ2v) is 6.35. The summed E-state index contributed by atoms with van der Waals surface area (Å²) in [4.78, 5) is 16.9. The average Bonchev–Trinajstić information content (AvgIpc) is 2.97. The zero-order valence-corrected chi connectivity index (χ0v) is 14.2. The quantitative estimate of drug-likeness (QED) is 0.760. The van der Waals surface area contributed by atoms with E-state index in [1.807, 2.05) is 19.1 Å². The Balaban J connectivity index is 1.74. The first-order chi connectivity index (χ1) is 11.7. The number of pyridine rings is 1. The standard InChI is InChI=1S/C18H23N3O3/c1-13-16(11-21(2)12-22)18(24-20-13)17-9-8-15(10-19-17)23-14-6-4-3-5-7-14/h8-10,12,14H,3-7,11H2,1-2H3. The molecular weight excluding hydrogens is 306 g/mol. The molecule has 6 heteroatoms. The zero-order chi connectivity index (χ0) is 16.9.